The van der Waals surface area contributed by atoms with E-state index in [0.29, 0.717) is 0 Å². The molecule has 0 aromatic rings. The molecular formula is C5H16O2Si2. The molecule has 9 heavy (non-hydrogen) atoms. The highest BCUT2D eigenvalue weighted by Gasteiger charge is 2.49. The van der Waals surface area contributed by atoms with Crippen molar-refractivity contribution in [3.05, 3.63) is 0 Å². The average molecular weight is 164 g/mol. The summed E-state index contributed by atoms with van der Waals surface area (Å²) in [6.07, 6.45) is 0. The maximum absolute atomic E-state index is 5.57. The van der Waals surface area contributed by atoms with Crippen molar-refractivity contribution in [3.63, 3.8) is 0 Å². The topological polar surface area (TPSA) is 18.5 Å². The summed E-state index contributed by atoms with van der Waals surface area (Å²) in [5.74, 6) is 0. The van der Waals surface area contributed by atoms with E-state index in [0.717, 1.165) is 0 Å². The van der Waals surface area contributed by atoms with Gasteiger partial charge in [0.15, 0.2) is 0 Å². The SMILES string of the molecule is C.C[Si]1(C)O[Si](C)(C)O1. The minimum absolute atomic E-state index is 0. The van der Waals surface area contributed by atoms with Crippen LogP contribution in [0.15, 0.2) is 0 Å². The Bertz CT molecular complexity index is 89.5. The first kappa shape index (κ1) is 9.35. The van der Waals surface area contributed by atoms with Gasteiger partial charge in [0.05, 0.1) is 0 Å². The fourth-order valence-corrected chi connectivity index (χ4v) is 10.7. The Hall–Kier alpha value is 0.354. The van der Waals surface area contributed by atoms with Crippen LogP contribution in [-0.4, -0.2) is 17.1 Å². The molecule has 0 unspecified atom stereocenters. The third-order valence-electron chi connectivity index (χ3n) is 0.983. The summed E-state index contributed by atoms with van der Waals surface area (Å²) >= 11 is 0. The normalized spacial score (nSPS) is 28.0. The highest BCUT2D eigenvalue weighted by atomic mass is 28.5. The molecule has 56 valence electrons. The number of rotatable bonds is 0. The first-order valence-electron chi connectivity index (χ1n) is 2.82. The molecule has 0 aliphatic carbocycles. The van der Waals surface area contributed by atoms with Gasteiger partial charge in [-0.25, -0.2) is 0 Å². The summed E-state index contributed by atoms with van der Waals surface area (Å²) < 4.78 is 11.1. The zero-order valence-electron chi connectivity index (χ0n) is 5.82. The molecule has 1 saturated heterocycles. The molecule has 1 rings (SSSR count). The lowest BCUT2D eigenvalue weighted by atomic mass is 11.9. The Morgan fingerprint density at radius 2 is 1.00 bits per heavy atom. The monoisotopic (exact) mass is 164 g/mol. The first-order valence-corrected chi connectivity index (χ1v) is 8.45. The van der Waals surface area contributed by atoms with Crippen LogP contribution in [0.25, 0.3) is 0 Å². The second kappa shape index (κ2) is 2.19. The zero-order chi connectivity index (χ0) is 6.41. The van der Waals surface area contributed by atoms with Crippen LogP contribution in [0.4, 0.5) is 0 Å². The quantitative estimate of drug-likeness (QED) is 0.510. The van der Waals surface area contributed by atoms with E-state index in [1.54, 1.807) is 0 Å². The van der Waals surface area contributed by atoms with Crippen LogP contribution in [0.1, 0.15) is 7.43 Å². The Balaban J connectivity index is 0.000000640. The van der Waals surface area contributed by atoms with Crippen molar-refractivity contribution in [1.29, 1.82) is 0 Å². The van der Waals surface area contributed by atoms with Gasteiger partial charge in [0.25, 0.3) is 0 Å². The molecule has 0 N–H and O–H groups in total. The van der Waals surface area contributed by atoms with Crippen LogP contribution in [0.3, 0.4) is 0 Å². The molecule has 1 aliphatic heterocycles. The Kier molecular flexibility index (Phi) is 2.28. The summed E-state index contributed by atoms with van der Waals surface area (Å²) in [5.41, 5.74) is 0. The summed E-state index contributed by atoms with van der Waals surface area (Å²) in [6, 6.07) is 0. The third kappa shape index (κ3) is 2.21. The van der Waals surface area contributed by atoms with Gasteiger partial charge in [0.1, 0.15) is 0 Å². The lowest BCUT2D eigenvalue weighted by Gasteiger charge is -2.46. The van der Waals surface area contributed by atoms with Gasteiger partial charge in [0.2, 0.25) is 0 Å². The van der Waals surface area contributed by atoms with Crippen LogP contribution in [0.2, 0.25) is 26.2 Å². The molecule has 0 radical (unpaired) electrons. The van der Waals surface area contributed by atoms with E-state index in [2.05, 4.69) is 26.2 Å². The highest BCUT2D eigenvalue weighted by molar-refractivity contribution is 6.92. The predicted molar refractivity (Wildman–Crippen MR) is 43.9 cm³/mol. The van der Waals surface area contributed by atoms with Crippen molar-refractivity contribution in [3.8, 4) is 0 Å². The fourth-order valence-electron chi connectivity index (χ4n) is 1.19. The van der Waals surface area contributed by atoms with Gasteiger partial charge in [-0.15, -0.1) is 0 Å². The highest BCUT2D eigenvalue weighted by Crippen LogP contribution is 2.29. The van der Waals surface area contributed by atoms with Crippen LogP contribution in [-0.2, 0) is 8.23 Å². The van der Waals surface area contributed by atoms with E-state index in [9.17, 15) is 0 Å². The first-order chi connectivity index (χ1) is 3.41. The van der Waals surface area contributed by atoms with Gasteiger partial charge in [-0.1, -0.05) is 7.43 Å². The number of hydrogen-bond acceptors (Lipinski definition) is 2. The minimum Gasteiger partial charge on any atom is -0.416 e. The van der Waals surface area contributed by atoms with E-state index in [1.165, 1.54) is 0 Å². The van der Waals surface area contributed by atoms with E-state index in [-0.39, 0.29) is 7.43 Å². The molecule has 1 aliphatic rings. The van der Waals surface area contributed by atoms with Gasteiger partial charge in [-0.2, -0.15) is 0 Å². The smallest absolute Gasteiger partial charge is 0.314 e. The van der Waals surface area contributed by atoms with Crippen LogP contribution < -0.4 is 0 Å². The summed E-state index contributed by atoms with van der Waals surface area (Å²) in [5, 5.41) is 0. The molecule has 0 amide bonds. The van der Waals surface area contributed by atoms with Crippen LogP contribution in [0, 0.1) is 0 Å². The van der Waals surface area contributed by atoms with Crippen molar-refractivity contribution in [2.75, 3.05) is 0 Å². The maximum atomic E-state index is 5.57. The van der Waals surface area contributed by atoms with Gasteiger partial charge >= 0.3 is 17.1 Å². The summed E-state index contributed by atoms with van der Waals surface area (Å²) in [6.45, 7) is 8.30. The Labute approximate surface area is 59.7 Å². The van der Waals surface area contributed by atoms with Gasteiger partial charge in [0, 0.05) is 0 Å². The van der Waals surface area contributed by atoms with Crippen LogP contribution >= 0.6 is 0 Å². The molecule has 0 spiro atoms. The lowest BCUT2D eigenvalue weighted by Crippen LogP contribution is -2.64. The molecule has 0 atom stereocenters. The predicted octanol–water partition coefficient (Wildman–Crippen LogP) is 2.07. The lowest BCUT2D eigenvalue weighted by molar-refractivity contribution is 0.237. The second-order valence-corrected chi connectivity index (χ2v) is 10.2. The maximum Gasteiger partial charge on any atom is 0.314 e. The molecule has 1 fully saturated rings. The second-order valence-electron chi connectivity index (χ2n) is 3.00. The van der Waals surface area contributed by atoms with Crippen LogP contribution in [0.5, 0.6) is 0 Å². The molecule has 4 heteroatoms. The standard InChI is InChI=1S/C4H12O2Si2.CH4/c1-7(2)5-8(3,4)6-7;/h1-4H3;1H4. The van der Waals surface area contributed by atoms with Crippen molar-refractivity contribution >= 4 is 17.1 Å². The van der Waals surface area contributed by atoms with Crippen molar-refractivity contribution in [2.24, 2.45) is 0 Å². The molecule has 0 aromatic carbocycles. The van der Waals surface area contributed by atoms with Crippen molar-refractivity contribution < 1.29 is 8.23 Å². The average Bonchev–Trinajstić information content (AvgIpc) is 1.20. The van der Waals surface area contributed by atoms with E-state index < -0.39 is 17.1 Å². The largest absolute Gasteiger partial charge is 0.416 e. The summed E-state index contributed by atoms with van der Waals surface area (Å²) in [7, 11) is -3.05. The van der Waals surface area contributed by atoms with Gasteiger partial charge < -0.3 is 8.23 Å². The third-order valence-corrected chi connectivity index (χ3v) is 8.85. The molecule has 0 aromatic heterocycles. The van der Waals surface area contributed by atoms with Crippen molar-refractivity contribution in [2.45, 2.75) is 33.6 Å². The minimum atomic E-state index is -1.52. The van der Waals surface area contributed by atoms with E-state index in [1.807, 2.05) is 0 Å². The zero-order valence-corrected chi connectivity index (χ0v) is 7.82. The van der Waals surface area contributed by atoms with Crippen molar-refractivity contribution in [1.82, 2.24) is 0 Å². The number of hydrogen-bond donors (Lipinski definition) is 0. The Morgan fingerprint density at radius 1 is 0.778 bits per heavy atom. The van der Waals surface area contributed by atoms with Gasteiger partial charge in [-0.3, -0.25) is 0 Å². The summed E-state index contributed by atoms with van der Waals surface area (Å²) in [4.78, 5) is 0. The molecular weight excluding hydrogens is 148 g/mol. The van der Waals surface area contributed by atoms with E-state index >= 15 is 0 Å². The fraction of sp³-hybridized carbons (Fsp3) is 1.00. The molecule has 2 nitrogen and oxygen atoms in total. The Morgan fingerprint density at radius 3 is 1.00 bits per heavy atom. The molecule has 1 heterocycles. The van der Waals surface area contributed by atoms with E-state index in [4.69, 9.17) is 8.23 Å². The van der Waals surface area contributed by atoms with Gasteiger partial charge in [-0.05, 0) is 26.2 Å². The molecule has 0 bridgehead atoms. The molecule has 0 saturated carbocycles.